The van der Waals surface area contributed by atoms with Crippen molar-refractivity contribution in [2.24, 2.45) is 0 Å². The molecule has 1 aromatic heterocycles. The van der Waals surface area contributed by atoms with Gasteiger partial charge in [-0.1, -0.05) is 17.7 Å². The Morgan fingerprint density at radius 3 is 2.64 bits per heavy atom. The highest BCUT2D eigenvalue weighted by atomic mass is 35.5. The van der Waals surface area contributed by atoms with Gasteiger partial charge in [0.05, 0.1) is 17.8 Å². The van der Waals surface area contributed by atoms with Crippen LogP contribution in [0.5, 0.6) is 0 Å². The Hall–Kier alpha value is -2.54. The second-order valence-corrected chi connectivity index (χ2v) is 4.82. The van der Waals surface area contributed by atoms with Gasteiger partial charge >= 0.3 is 5.97 Å². The van der Waals surface area contributed by atoms with Gasteiger partial charge in [-0.25, -0.2) is 14.8 Å². The van der Waals surface area contributed by atoms with E-state index in [9.17, 15) is 4.79 Å². The summed E-state index contributed by atoms with van der Waals surface area (Å²) in [6.45, 7) is 1.74. The lowest BCUT2D eigenvalue weighted by atomic mass is 10.1. The molecule has 116 valence electrons. The lowest BCUT2D eigenvalue weighted by Gasteiger charge is -2.15. The minimum Gasteiger partial charge on any atom is -0.465 e. The molecule has 2 aromatic rings. The Morgan fingerprint density at radius 2 is 2.00 bits per heavy atom. The number of aryl methyl sites for hydroxylation is 1. The van der Waals surface area contributed by atoms with Crippen LogP contribution >= 0.6 is 11.6 Å². The molecule has 0 saturated carbocycles. The summed E-state index contributed by atoms with van der Waals surface area (Å²) in [5.41, 5.74) is 7.01. The van der Waals surface area contributed by atoms with E-state index < -0.39 is 5.97 Å². The molecule has 0 fully saturated rings. The number of nitrogen functional groups attached to an aromatic ring is 1. The normalized spacial score (nSPS) is 10.2. The van der Waals surface area contributed by atoms with Gasteiger partial charge in [-0.2, -0.15) is 0 Å². The Balaban J connectivity index is 2.50. The van der Waals surface area contributed by atoms with Gasteiger partial charge in [-0.05, 0) is 19.1 Å². The van der Waals surface area contributed by atoms with Gasteiger partial charge in [0.1, 0.15) is 17.1 Å². The standard InChI is InChI=1S/C14H16ClN5O2/c1-7-18-12(17-2)11(16)13(19-7)20-9-6-4-5-8(15)10(9)14(21)22-3/h4-6H,16H2,1-3H3,(H2,17,18,19,20). The summed E-state index contributed by atoms with van der Waals surface area (Å²) in [6.07, 6.45) is 0. The molecule has 7 nitrogen and oxygen atoms in total. The van der Waals surface area contributed by atoms with Crippen LogP contribution in [0.3, 0.4) is 0 Å². The van der Waals surface area contributed by atoms with Crippen LogP contribution in [0.1, 0.15) is 16.2 Å². The fourth-order valence-electron chi connectivity index (χ4n) is 1.93. The van der Waals surface area contributed by atoms with Crippen LogP contribution < -0.4 is 16.4 Å². The number of hydrogen-bond donors (Lipinski definition) is 3. The van der Waals surface area contributed by atoms with Gasteiger partial charge < -0.3 is 21.1 Å². The molecule has 0 spiro atoms. The molecule has 0 atom stereocenters. The fourth-order valence-corrected chi connectivity index (χ4v) is 2.18. The average molecular weight is 322 g/mol. The molecule has 0 saturated heterocycles. The van der Waals surface area contributed by atoms with Crippen LogP contribution in [0.4, 0.5) is 23.0 Å². The fraction of sp³-hybridized carbons (Fsp3) is 0.214. The number of carbonyl (C=O) groups excluding carboxylic acids is 1. The van der Waals surface area contributed by atoms with Crippen molar-refractivity contribution in [1.82, 2.24) is 9.97 Å². The quantitative estimate of drug-likeness (QED) is 0.744. The summed E-state index contributed by atoms with van der Waals surface area (Å²) in [7, 11) is 3.00. The third-order valence-electron chi connectivity index (χ3n) is 2.95. The van der Waals surface area contributed by atoms with E-state index in [0.29, 0.717) is 28.8 Å². The van der Waals surface area contributed by atoms with Crippen LogP contribution in [0.15, 0.2) is 18.2 Å². The van der Waals surface area contributed by atoms with Crippen LogP contribution in [0.2, 0.25) is 5.02 Å². The zero-order chi connectivity index (χ0) is 16.3. The summed E-state index contributed by atoms with van der Waals surface area (Å²) < 4.78 is 4.75. The van der Waals surface area contributed by atoms with Gasteiger partial charge in [-0.3, -0.25) is 0 Å². The lowest BCUT2D eigenvalue weighted by Crippen LogP contribution is -2.10. The van der Waals surface area contributed by atoms with E-state index in [4.69, 9.17) is 22.1 Å². The monoisotopic (exact) mass is 321 g/mol. The first-order valence-corrected chi connectivity index (χ1v) is 6.81. The maximum Gasteiger partial charge on any atom is 0.341 e. The second kappa shape index (κ2) is 6.48. The number of nitrogens with two attached hydrogens (primary N) is 1. The number of nitrogens with one attached hydrogen (secondary N) is 2. The molecule has 2 rings (SSSR count). The first kappa shape index (κ1) is 15.8. The molecule has 8 heteroatoms. The molecule has 0 aliphatic rings. The molecule has 0 aliphatic heterocycles. The number of ether oxygens (including phenoxy) is 1. The Bertz CT molecular complexity index is 721. The van der Waals surface area contributed by atoms with Crippen molar-refractivity contribution in [2.75, 3.05) is 30.5 Å². The zero-order valence-electron chi connectivity index (χ0n) is 12.4. The number of carbonyl (C=O) groups is 1. The van der Waals surface area contributed by atoms with E-state index >= 15 is 0 Å². The van der Waals surface area contributed by atoms with E-state index in [1.54, 1.807) is 32.2 Å². The predicted molar refractivity (Wildman–Crippen MR) is 86.8 cm³/mol. The van der Waals surface area contributed by atoms with E-state index in [1.807, 2.05) is 0 Å². The number of nitrogens with zero attached hydrogens (tertiary/aromatic N) is 2. The first-order chi connectivity index (χ1) is 10.5. The predicted octanol–water partition coefficient (Wildman–Crippen LogP) is 2.59. The van der Waals surface area contributed by atoms with Gasteiger partial charge in [0, 0.05) is 7.05 Å². The molecule has 0 radical (unpaired) electrons. The van der Waals surface area contributed by atoms with Gasteiger partial charge in [-0.15, -0.1) is 0 Å². The number of rotatable bonds is 4. The number of esters is 1. The van der Waals surface area contributed by atoms with Crippen molar-refractivity contribution in [3.05, 3.63) is 34.6 Å². The number of halogens is 1. The smallest absolute Gasteiger partial charge is 0.341 e. The molecule has 1 heterocycles. The van der Waals surface area contributed by atoms with E-state index in [1.165, 1.54) is 7.11 Å². The van der Waals surface area contributed by atoms with Crippen molar-refractivity contribution in [1.29, 1.82) is 0 Å². The number of benzene rings is 1. The van der Waals surface area contributed by atoms with Crippen LogP contribution in [-0.2, 0) is 4.74 Å². The van der Waals surface area contributed by atoms with E-state index in [2.05, 4.69) is 20.6 Å². The third kappa shape index (κ3) is 3.04. The summed E-state index contributed by atoms with van der Waals surface area (Å²) in [5, 5.41) is 6.17. The average Bonchev–Trinajstić information content (AvgIpc) is 2.50. The van der Waals surface area contributed by atoms with Crippen molar-refractivity contribution in [3.63, 3.8) is 0 Å². The maximum atomic E-state index is 11.9. The van der Waals surface area contributed by atoms with Crippen LogP contribution in [0.25, 0.3) is 0 Å². The zero-order valence-corrected chi connectivity index (χ0v) is 13.2. The Morgan fingerprint density at radius 1 is 1.32 bits per heavy atom. The lowest BCUT2D eigenvalue weighted by molar-refractivity contribution is 0.0602. The number of hydrogen-bond acceptors (Lipinski definition) is 7. The minimum atomic E-state index is -0.550. The van der Waals surface area contributed by atoms with Crippen molar-refractivity contribution < 1.29 is 9.53 Å². The highest BCUT2D eigenvalue weighted by Gasteiger charge is 2.18. The molecular formula is C14H16ClN5O2. The summed E-state index contributed by atoms with van der Waals surface area (Å²) in [4.78, 5) is 20.3. The third-order valence-corrected chi connectivity index (χ3v) is 3.27. The van der Waals surface area contributed by atoms with E-state index in [0.717, 1.165) is 0 Å². The SMILES string of the molecule is CNc1nc(C)nc(Nc2cccc(Cl)c2C(=O)OC)c1N. The van der Waals surface area contributed by atoms with Crippen molar-refractivity contribution >= 4 is 40.6 Å². The highest BCUT2D eigenvalue weighted by molar-refractivity contribution is 6.34. The molecule has 0 aliphatic carbocycles. The molecule has 0 amide bonds. The number of anilines is 4. The molecule has 0 bridgehead atoms. The molecular weight excluding hydrogens is 306 g/mol. The molecule has 1 aromatic carbocycles. The van der Waals surface area contributed by atoms with Gasteiger partial charge in [0.2, 0.25) is 0 Å². The van der Waals surface area contributed by atoms with Crippen molar-refractivity contribution in [3.8, 4) is 0 Å². The second-order valence-electron chi connectivity index (χ2n) is 4.41. The van der Waals surface area contributed by atoms with Gasteiger partial charge in [0.25, 0.3) is 0 Å². The maximum absolute atomic E-state index is 11.9. The summed E-state index contributed by atoms with van der Waals surface area (Å²) in [6, 6.07) is 5.00. The molecule has 4 N–H and O–H groups in total. The minimum absolute atomic E-state index is 0.216. The van der Waals surface area contributed by atoms with Gasteiger partial charge in [0.15, 0.2) is 11.6 Å². The highest BCUT2D eigenvalue weighted by Crippen LogP contribution is 2.31. The Kier molecular flexibility index (Phi) is 4.67. The molecule has 0 unspecified atom stereocenters. The van der Waals surface area contributed by atoms with Crippen molar-refractivity contribution in [2.45, 2.75) is 6.92 Å². The van der Waals surface area contributed by atoms with Crippen LogP contribution in [-0.4, -0.2) is 30.1 Å². The molecule has 22 heavy (non-hydrogen) atoms. The number of methoxy groups -OCH3 is 1. The van der Waals surface area contributed by atoms with Crippen LogP contribution in [0, 0.1) is 6.92 Å². The Labute approximate surface area is 132 Å². The van der Waals surface area contributed by atoms with E-state index in [-0.39, 0.29) is 10.6 Å². The number of aromatic nitrogens is 2. The summed E-state index contributed by atoms with van der Waals surface area (Å²) >= 11 is 6.08. The first-order valence-electron chi connectivity index (χ1n) is 6.43. The summed E-state index contributed by atoms with van der Waals surface area (Å²) in [5.74, 6) is 0.856. The topological polar surface area (TPSA) is 102 Å². The largest absolute Gasteiger partial charge is 0.465 e.